The fourth-order valence-electron chi connectivity index (χ4n) is 1.99. The van der Waals surface area contributed by atoms with E-state index in [0.717, 1.165) is 12.8 Å². The minimum absolute atomic E-state index is 0.153. The number of amides is 1. The van der Waals surface area contributed by atoms with E-state index >= 15 is 0 Å². The Morgan fingerprint density at radius 3 is 2.74 bits per heavy atom. The number of benzene rings is 1. The van der Waals surface area contributed by atoms with E-state index in [1.165, 1.54) is 10.9 Å². The highest BCUT2D eigenvalue weighted by molar-refractivity contribution is 6.32. The molecule has 2 rings (SSSR count). The van der Waals surface area contributed by atoms with E-state index < -0.39 is 5.97 Å². The Balaban J connectivity index is 1.82. The molecule has 0 spiro atoms. The van der Waals surface area contributed by atoms with Gasteiger partial charge < -0.3 is 10.4 Å². The van der Waals surface area contributed by atoms with Crippen LogP contribution in [0.3, 0.4) is 0 Å². The number of carboxylic acids is 1. The third-order valence-electron chi connectivity index (χ3n) is 3.18. The largest absolute Gasteiger partial charge is 0.481 e. The highest BCUT2D eigenvalue weighted by Crippen LogP contribution is 2.18. The van der Waals surface area contributed by atoms with Gasteiger partial charge in [0.2, 0.25) is 0 Å². The number of carbonyl (C=O) groups is 2. The predicted octanol–water partition coefficient (Wildman–Crippen LogP) is 2.30. The van der Waals surface area contributed by atoms with Gasteiger partial charge in [0, 0.05) is 13.0 Å². The van der Waals surface area contributed by atoms with Crippen LogP contribution in [0, 0.1) is 0 Å². The van der Waals surface area contributed by atoms with Gasteiger partial charge in [0.25, 0.3) is 5.91 Å². The molecule has 122 valence electrons. The van der Waals surface area contributed by atoms with Crippen molar-refractivity contribution in [1.29, 1.82) is 0 Å². The Kier molecular flexibility index (Phi) is 6.10. The van der Waals surface area contributed by atoms with Crippen molar-refractivity contribution in [1.82, 2.24) is 20.3 Å². The summed E-state index contributed by atoms with van der Waals surface area (Å²) in [4.78, 5) is 22.3. The highest BCUT2D eigenvalue weighted by atomic mass is 35.5. The monoisotopic (exact) mass is 336 g/mol. The van der Waals surface area contributed by atoms with Crippen LogP contribution in [0.5, 0.6) is 0 Å². The Bertz CT molecular complexity index is 687. The lowest BCUT2D eigenvalue weighted by Crippen LogP contribution is -2.24. The van der Waals surface area contributed by atoms with E-state index in [9.17, 15) is 9.59 Å². The topological polar surface area (TPSA) is 97.1 Å². The first-order chi connectivity index (χ1) is 11.1. The number of halogens is 1. The molecule has 0 aliphatic heterocycles. The van der Waals surface area contributed by atoms with Gasteiger partial charge in [0.1, 0.15) is 0 Å². The number of carbonyl (C=O) groups excluding carboxylic acids is 1. The quantitative estimate of drug-likeness (QED) is 0.721. The molecule has 2 aromatic rings. The molecule has 0 atom stereocenters. The molecule has 1 amide bonds. The molecule has 0 bridgehead atoms. The molecular weight excluding hydrogens is 320 g/mol. The molecule has 0 aliphatic carbocycles. The average Bonchev–Trinajstić information content (AvgIpc) is 3.00. The van der Waals surface area contributed by atoms with Crippen molar-refractivity contribution in [3.8, 4) is 5.69 Å². The summed E-state index contributed by atoms with van der Waals surface area (Å²) >= 11 is 6.07. The first-order valence-electron chi connectivity index (χ1n) is 7.25. The van der Waals surface area contributed by atoms with E-state index in [4.69, 9.17) is 16.7 Å². The standard InChI is InChI=1S/C15H17ClN4O3/c16-11-6-3-4-7-13(11)20-10-12(18-19-20)15(23)17-9-5-1-2-8-14(21)22/h3-4,6-7,10H,1-2,5,8-9H2,(H,17,23)(H,21,22). The first-order valence-corrected chi connectivity index (χ1v) is 7.63. The smallest absolute Gasteiger partial charge is 0.303 e. The molecule has 7 nitrogen and oxygen atoms in total. The minimum Gasteiger partial charge on any atom is -0.481 e. The van der Waals surface area contributed by atoms with Crippen molar-refractivity contribution < 1.29 is 14.7 Å². The summed E-state index contributed by atoms with van der Waals surface area (Å²) in [5.74, 6) is -1.12. The molecule has 0 radical (unpaired) electrons. The Labute approximate surface area is 138 Å². The molecule has 0 saturated carbocycles. The van der Waals surface area contributed by atoms with Crippen LogP contribution < -0.4 is 5.32 Å². The first kappa shape index (κ1) is 17.0. The summed E-state index contributed by atoms with van der Waals surface area (Å²) in [5.41, 5.74) is 0.852. The summed E-state index contributed by atoms with van der Waals surface area (Å²) in [5, 5.41) is 19.5. The normalized spacial score (nSPS) is 10.5. The SMILES string of the molecule is O=C(O)CCCCCNC(=O)c1cn(-c2ccccc2Cl)nn1. The molecule has 0 fully saturated rings. The van der Waals surface area contributed by atoms with Gasteiger partial charge in [-0.3, -0.25) is 9.59 Å². The Hall–Kier alpha value is -2.41. The fraction of sp³-hybridized carbons (Fsp3) is 0.333. The maximum Gasteiger partial charge on any atom is 0.303 e. The third kappa shape index (κ3) is 5.07. The number of hydrogen-bond acceptors (Lipinski definition) is 4. The predicted molar refractivity (Wildman–Crippen MR) is 84.8 cm³/mol. The molecule has 23 heavy (non-hydrogen) atoms. The van der Waals surface area contributed by atoms with Crippen LogP contribution in [-0.2, 0) is 4.79 Å². The van der Waals surface area contributed by atoms with E-state index in [0.29, 0.717) is 23.7 Å². The molecular formula is C15H17ClN4O3. The Morgan fingerprint density at radius 1 is 1.22 bits per heavy atom. The zero-order valence-corrected chi connectivity index (χ0v) is 13.2. The number of rotatable bonds is 8. The molecule has 1 aromatic carbocycles. The minimum atomic E-state index is -0.801. The summed E-state index contributed by atoms with van der Waals surface area (Å²) in [7, 11) is 0. The van der Waals surface area contributed by atoms with Crippen LogP contribution in [-0.4, -0.2) is 38.5 Å². The Morgan fingerprint density at radius 2 is 2.00 bits per heavy atom. The maximum atomic E-state index is 12.0. The second-order valence-electron chi connectivity index (χ2n) is 4.96. The van der Waals surface area contributed by atoms with Crippen molar-refractivity contribution in [3.05, 3.63) is 41.2 Å². The third-order valence-corrected chi connectivity index (χ3v) is 3.50. The second-order valence-corrected chi connectivity index (χ2v) is 5.37. The van der Waals surface area contributed by atoms with Gasteiger partial charge in [0.05, 0.1) is 16.9 Å². The van der Waals surface area contributed by atoms with Crippen molar-refractivity contribution in [2.75, 3.05) is 6.54 Å². The maximum absolute atomic E-state index is 12.0. The van der Waals surface area contributed by atoms with Crippen LogP contribution in [0.2, 0.25) is 5.02 Å². The van der Waals surface area contributed by atoms with Gasteiger partial charge in [-0.25, -0.2) is 4.68 Å². The van der Waals surface area contributed by atoms with Crippen LogP contribution in [0.15, 0.2) is 30.5 Å². The van der Waals surface area contributed by atoms with E-state index in [-0.39, 0.29) is 18.0 Å². The lowest BCUT2D eigenvalue weighted by atomic mass is 10.2. The van der Waals surface area contributed by atoms with Gasteiger partial charge in [-0.1, -0.05) is 35.4 Å². The number of nitrogens with one attached hydrogen (secondary N) is 1. The van der Waals surface area contributed by atoms with Gasteiger partial charge in [-0.2, -0.15) is 0 Å². The summed E-state index contributed by atoms with van der Waals surface area (Å²) < 4.78 is 1.45. The molecule has 0 saturated heterocycles. The molecule has 8 heteroatoms. The molecule has 2 N–H and O–H groups in total. The van der Waals surface area contributed by atoms with Crippen molar-refractivity contribution >= 4 is 23.5 Å². The highest BCUT2D eigenvalue weighted by Gasteiger charge is 2.12. The van der Waals surface area contributed by atoms with Gasteiger partial charge >= 0.3 is 5.97 Å². The lowest BCUT2D eigenvalue weighted by Gasteiger charge is -2.02. The van der Waals surface area contributed by atoms with E-state index in [1.54, 1.807) is 18.2 Å². The average molecular weight is 337 g/mol. The lowest BCUT2D eigenvalue weighted by molar-refractivity contribution is -0.137. The number of carboxylic acid groups (broad SMARTS) is 1. The molecule has 0 unspecified atom stereocenters. The van der Waals surface area contributed by atoms with Gasteiger partial charge in [0.15, 0.2) is 5.69 Å². The summed E-state index contributed by atoms with van der Waals surface area (Å²) in [6.07, 6.45) is 3.74. The zero-order valence-electron chi connectivity index (χ0n) is 12.4. The molecule has 1 aromatic heterocycles. The van der Waals surface area contributed by atoms with Crippen LogP contribution >= 0.6 is 11.6 Å². The molecule has 0 aliphatic rings. The van der Waals surface area contributed by atoms with Gasteiger partial charge in [-0.05, 0) is 25.0 Å². The van der Waals surface area contributed by atoms with E-state index in [2.05, 4.69) is 15.6 Å². The van der Waals surface area contributed by atoms with Crippen molar-refractivity contribution in [3.63, 3.8) is 0 Å². The van der Waals surface area contributed by atoms with Crippen molar-refractivity contribution in [2.45, 2.75) is 25.7 Å². The molecule has 1 heterocycles. The van der Waals surface area contributed by atoms with Crippen LogP contribution in [0.25, 0.3) is 5.69 Å². The summed E-state index contributed by atoms with van der Waals surface area (Å²) in [6.45, 7) is 0.470. The number of aliphatic carboxylic acids is 1. The number of nitrogens with zero attached hydrogens (tertiary/aromatic N) is 3. The number of hydrogen-bond donors (Lipinski definition) is 2. The number of para-hydroxylation sites is 1. The van der Waals surface area contributed by atoms with Crippen LogP contribution in [0.4, 0.5) is 0 Å². The van der Waals surface area contributed by atoms with Gasteiger partial charge in [-0.15, -0.1) is 5.10 Å². The zero-order chi connectivity index (χ0) is 16.7. The number of aromatic nitrogens is 3. The second kappa shape index (κ2) is 8.28. The number of unbranched alkanes of at least 4 members (excludes halogenated alkanes) is 2. The van der Waals surface area contributed by atoms with E-state index in [1.807, 2.05) is 6.07 Å². The van der Waals surface area contributed by atoms with Crippen LogP contribution in [0.1, 0.15) is 36.2 Å². The fourth-order valence-corrected chi connectivity index (χ4v) is 2.22. The summed E-state index contributed by atoms with van der Waals surface area (Å²) in [6, 6.07) is 7.14. The van der Waals surface area contributed by atoms with Crippen molar-refractivity contribution in [2.24, 2.45) is 0 Å².